The Morgan fingerprint density at radius 2 is 1.92 bits per heavy atom. The highest BCUT2D eigenvalue weighted by Gasteiger charge is 2.40. The van der Waals surface area contributed by atoms with E-state index in [2.05, 4.69) is 10.3 Å². The molecule has 1 heterocycles. The van der Waals surface area contributed by atoms with Gasteiger partial charge >= 0.3 is 0 Å². The predicted octanol–water partition coefficient (Wildman–Crippen LogP) is 3.63. The molecule has 1 aromatic carbocycles. The zero-order chi connectivity index (χ0) is 18.7. The smallest absolute Gasteiger partial charge is 0.194 e. The molecule has 0 aromatic heterocycles. The van der Waals surface area contributed by atoms with Gasteiger partial charge < -0.3 is 10.2 Å². The van der Waals surface area contributed by atoms with Crippen molar-refractivity contribution in [3.05, 3.63) is 33.8 Å². The van der Waals surface area contributed by atoms with Crippen LogP contribution in [0.5, 0.6) is 0 Å². The van der Waals surface area contributed by atoms with Crippen LogP contribution in [0.4, 0.5) is 0 Å². The average Bonchev–Trinajstić information content (AvgIpc) is 2.52. The third kappa shape index (κ3) is 5.62. The second kappa shape index (κ2) is 9.80. The van der Waals surface area contributed by atoms with Crippen LogP contribution in [0.1, 0.15) is 26.3 Å². The highest BCUT2D eigenvalue weighted by Crippen LogP contribution is 2.25. The van der Waals surface area contributed by atoms with Crippen LogP contribution in [0.2, 0.25) is 10.0 Å². The van der Waals surface area contributed by atoms with Gasteiger partial charge in [-0.25, -0.2) is 8.42 Å². The highest BCUT2D eigenvalue weighted by atomic mass is 127. The molecule has 1 aromatic rings. The van der Waals surface area contributed by atoms with Crippen molar-refractivity contribution >= 4 is 63.0 Å². The molecule has 0 amide bonds. The molecule has 1 fully saturated rings. The minimum absolute atomic E-state index is 0. The van der Waals surface area contributed by atoms with Gasteiger partial charge in [0.1, 0.15) is 0 Å². The van der Waals surface area contributed by atoms with Crippen LogP contribution in [0.3, 0.4) is 0 Å². The molecule has 9 heteroatoms. The van der Waals surface area contributed by atoms with E-state index in [-0.39, 0.29) is 29.7 Å². The standard InChI is InChI=1S/C17H25Cl2N3O2S.HI/c1-4-20-16(22-10-11-25(23,24)17(2,3)12-22)21-9-8-13-14(18)6-5-7-15(13)19;/h5-7H,4,8-12H2,1-3H3,(H,20,21);1H. The molecule has 0 saturated carbocycles. The summed E-state index contributed by atoms with van der Waals surface area (Å²) in [6.07, 6.45) is 0.628. The van der Waals surface area contributed by atoms with E-state index in [1.54, 1.807) is 13.8 Å². The molecule has 0 radical (unpaired) electrons. The first-order valence-corrected chi connectivity index (χ1v) is 10.8. The molecule has 0 aliphatic carbocycles. The van der Waals surface area contributed by atoms with Gasteiger partial charge in [0.2, 0.25) is 0 Å². The summed E-state index contributed by atoms with van der Waals surface area (Å²) in [5.41, 5.74) is 0.881. The van der Waals surface area contributed by atoms with Gasteiger partial charge in [0.05, 0.1) is 10.5 Å². The van der Waals surface area contributed by atoms with Crippen molar-refractivity contribution in [3.63, 3.8) is 0 Å². The third-order valence-corrected chi connectivity index (χ3v) is 7.60. The summed E-state index contributed by atoms with van der Waals surface area (Å²) in [5.74, 6) is 0.870. The van der Waals surface area contributed by atoms with Crippen molar-refractivity contribution in [2.75, 3.05) is 31.9 Å². The second-order valence-electron chi connectivity index (χ2n) is 6.69. The van der Waals surface area contributed by atoms with Crippen LogP contribution in [-0.2, 0) is 16.3 Å². The van der Waals surface area contributed by atoms with Crippen LogP contribution < -0.4 is 5.32 Å². The van der Waals surface area contributed by atoms with Crippen molar-refractivity contribution in [2.45, 2.75) is 31.9 Å². The number of hydrogen-bond donors (Lipinski definition) is 1. The fourth-order valence-electron chi connectivity index (χ4n) is 2.80. The minimum atomic E-state index is -3.08. The molecule has 0 atom stereocenters. The third-order valence-electron chi connectivity index (χ3n) is 4.36. The lowest BCUT2D eigenvalue weighted by atomic mass is 10.1. The maximum atomic E-state index is 12.2. The van der Waals surface area contributed by atoms with Gasteiger partial charge in [-0.05, 0) is 44.9 Å². The number of halogens is 3. The van der Waals surface area contributed by atoms with Crippen LogP contribution in [-0.4, -0.2) is 56.0 Å². The van der Waals surface area contributed by atoms with E-state index in [9.17, 15) is 8.42 Å². The van der Waals surface area contributed by atoms with E-state index < -0.39 is 14.6 Å². The Kier molecular flexibility index (Phi) is 8.96. The summed E-state index contributed by atoms with van der Waals surface area (Å²) in [4.78, 5) is 6.66. The van der Waals surface area contributed by atoms with Crippen molar-refractivity contribution in [2.24, 2.45) is 4.99 Å². The number of nitrogens with one attached hydrogen (secondary N) is 1. The van der Waals surface area contributed by atoms with Crippen LogP contribution >= 0.6 is 47.2 Å². The Hall–Kier alpha value is -0.250. The zero-order valence-corrected chi connectivity index (χ0v) is 19.9. The molecule has 1 N–H and O–H groups in total. The van der Waals surface area contributed by atoms with Crippen LogP contribution in [0.25, 0.3) is 0 Å². The lowest BCUT2D eigenvalue weighted by Gasteiger charge is -2.39. The first-order valence-electron chi connectivity index (χ1n) is 8.36. The zero-order valence-electron chi connectivity index (χ0n) is 15.3. The van der Waals surface area contributed by atoms with Gasteiger partial charge in [0.15, 0.2) is 15.8 Å². The fraction of sp³-hybridized carbons (Fsp3) is 0.588. The Morgan fingerprint density at radius 3 is 2.46 bits per heavy atom. The van der Waals surface area contributed by atoms with Crippen LogP contribution in [0, 0.1) is 0 Å². The van der Waals surface area contributed by atoms with Gasteiger partial charge in [0.25, 0.3) is 0 Å². The van der Waals surface area contributed by atoms with E-state index in [4.69, 9.17) is 23.2 Å². The molecule has 2 rings (SSSR count). The van der Waals surface area contributed by atoms with Crippen molar-refractivity contribution in [1.29, 1.82) is 0 Å². The van der Waals surface area contributed by atoms with E-state index >= 15 is 0 Å². The molecular formula is C17H26Cl2IN3O2S. The molecule has 26 heavy (non-hydrogen) atoms. The lowest BCUT2D eigenvalue weighted by Crippen LogP contribution is -2.57. The normalized spacial score (nSPS) is 19.0. The lowest BCUT2D eigenvalue weighted by molar-refractivity contribution is 0.353. The molecular weight excluding hydrogens is 508 g/mol. The number of rotatable bonds is 4. The first kappa shape index (κ1) is 23.8. The number of sulfone groups is 1. The van der Waals surface area contributed by atoms with E-state index in [1.165, 1.54) is 0 Å². The van der Waals surface area contributed by atoms with Crippen molar-refractivity contribution in [1.82, 2.24) is 10.2 Å². The Balaban J connectivity index is 0.00000338. The van der Waals surface area contributed by atoms with Gasteiger partial charge in [-0.15, -0.1) is 24.0 Å². The monoisotopic (exact) mass is 533 g/mol. The molecule has 1 aliphatic heterocycles. The number of guanidine groups is 1. The van der Waals surface area contributed by atoms with E-state index in [0.717, 1.165) is 18.1 Å². The quantitative estimate of drug-likeness (QED) is 0.365. The Bertz CT molecular complexity index is 734. The maximum absolute atomic E-state index is 12.2. The second-order valence-corrected chi connectivity index (χ2v) is 10.2. The van der Waals surface area contributed by atoms with E-state index in [0.29, 0.717) is 36.1 Å². The predicted molar refractivity (Wildman–Crippen MR) is 121 cm³/mol. The number of nitrogens with zero attached hydrogens (tertiary/aromatic N) is 2. The molecule has 1 aliphatic rings. The average molecular weight is 534 g/mol. The number of aliphatic imine (C=N–C) groups is 1. The highest BCUT2D eigenvalue weighted by molar-refractivity contribution is 14.0. The molecule has 1 saturated heterocycles. The van der Waals surface area contributed by atoms with Crippen molar-refractivity contribution < 1.29 is 8.42 Å². The molecule has 0 bridgehead atoms. The van der Waals surface area contributed by atoms with Gasteiger partial charge in [-0.3, -0.25) is 4.99 Å². The summed E-state index contributed by atoms with van der Waals surface area (Å²) in [5, 5.41) is 4.52. The first-order chi connectivity index (χ1) is 11.7. The summed E-state index contributed by atoms with van der Waals surface area (Å²) in [7, 11) is -3.08. The Morgan fingerprint density at radius 1 is 1.31 bits per heavy atom. The van der Waals surface area contributed by atoms with Crippen molar-refractivity contribution in [3.8, 4) is 0 Å². The summed E-state index contributed by atoms with van der Waals surface area (Å²) < 4.78 is 23.6. The number of benzene rings is 1. The van der Waals surface area contributed by atoms with Crippen LogP contribution in [0.15, 0.2) is 23.2 Å². The Labute approximate surface area is 183 Å². The van der Waals surface area contributed by atoms with Gasteiger partial charge in [-0.1, -0.05) is 29.3 Å². The fourth-order valence-corrected chi connectivity index (χ4v) is 4.75. The summed E-state index contributed by atoms with van der Waals surface area (Å²) in [6, 6.07) is 5.45. The van der Waals surface area contributed by atoms with E-state index in [1.807, 2.05) is 30.0 Å². The maximum Gasteiger partial charge on any atom is 0.194 e. The number of hydrogen-bond acceptors (Lipinski definition) is 3. The summed E-state index contributed by atoms with van der Waals surface area (Å²) >= 11 is 12.4. The summed E-state index contributed by atoms with van der Waals surface area (Å²) in [6.45, 7) is 7.64. The topological polar surface area (TPSA) is 61.8 Å². The molecule has 0 unspecified atom stereocenters. The molecule has 5 nitrogen and oxygen atoms in total. The molecule has 148 valence electrons. The molecule has 0 spiro atoms. The largest absolute Gasteiger partial charge is 0.357 e. The SMILES string of the molecule is CCNC(=NCCc1c(Cl)cccc1Cl)N1CCS(=O)(=O)C(C)(C)C1.I. The van der Waals surface area contributed by atoms with Gasteiger partial charge in [-0.2, -0.15) is 0 Å². The minimum Gasteiger partial charge on any atom is -0.357 e. The van der Waals surface area contributed by atoms with Gasteiger partial charge in [0, 0.05) is 36.2 Å².